The predicted octanol–water partition coefficient (Wildman–Crippen LogP) is 1.00. The Labute approximate surface area is 75.1 Å². The van der Waals surface area contributed by atoms with E-state index in [4.69, 9.17) is 16.1 Å². The molecule has 0 radical (unpaired) electrons. The zero-order chi connectivity index (χ0) is 8.97. The quantitative estimate of drug-likeness (QED) is 0.732. The largest absolute Gasteiger partial charge is 0.396 e. The fraction of sp³-hybridized carbons (Fsp3) is 0.375. The standard InChI is InChI=1S/C8H10N2OS/c9-4-6-3-8(12-5-6)7(10)1-2-11/h3,5,7,11H,1-2,10H2. The molecule has 3 nitrogen and oxygen atoms in total. The van der Waals surface area contributed by atoms with Gasteiger partial charge in [0, 0.05) is 22.9 Å². The van der Waals surface area contributed by atoms with Crippen LogP contribution >= 0.6 is 11.3 Å². The Balaban J connectivity index is 2.69. The van der Waals surface area contributed by atoms with Crippen LogP contribution < -0.4 is 5.73 Å². The minimum atomic E-state index is -0.137. The average Bonchev–Trinajstić information content (AvgIpc) is 2.52. The lowest BCUT2D eigenvalue weighted by molar-refractivity contribution is 0.277. The van der Waals surface area contributed by atoms with E-state index in [0.717, 1.165) is 4.88 Å². The van der Waals surface area contributed by atoms with Gasteiger partial charge in [0.25, 0.3) is 0 Å². The van der Waals surface area contributed by atoms with Crippen LogP contribution in [0.15, 0.2) is 11.4 Å². The Hall–Kier alpha value is -0.890. The number of hydrogen-bond donors (Lipinski definition) is 2. The van der Waals surface area contributed by atoms with Gasteiger partial charge in [-0.15, -0.1) is 11.3 Å². The fourth-order valence-corrected chi connectivity index (χ4v) is 1.76. The number of aliphatic hydroxyl groups excluding tert-OH is 1. The molecule has 0 saturated carbocycles. The third-order valence-electron chi connectivity index (χ3n) is 1.55. The fourth-order valence-electron chi connectivity index (χ4n) is 0.887. The van der Waals surface area contributed by atoms with Crippen LogP contribution in [0.1, 0.15) is 22.9 Å². The summed E-state index contributed by atoms with van der Waals surface area (Å²) in [6.07, 6.45) is 0.547. The number of nitrogens with zero attached hydrogens (tertiary/aromatic N) is 1. The molecule has 1 rings (SSSR count). The van der Waals surface area contributed by atoms with Crippen molar-refractivity contribution in [1.82, 2.24) is 0 Å². The van der Waals surface area contributed by atoms with Crippen LogP contribution in [0.2, 0.25) is 0 Å². The maximum absolute atomic E-state index is 8.62. The smallest absolute Gasteiger partial charge is 0.100 e. The van der Waals surface area contributed by atoms with E-state index < -0.39 is 0 Å². The van der Waals surface area contributed by atoms with Crippen molar-refractivity contribution < 1.29 is 5.11 Å². The van der Waals surface area contributed by atoms with Crippen molar-refractivity contribution in [2.75, 3.05) is 6.61 Å². The maximum Gasteiger partial charge on any atom is 0.100 e. The molecule has 1 aromatic heterocycles. The molecule has 0 aliphatic rings. The van der Waals surface area contributed by atoms with Gasteiger partial charge in [0.15, 0.2) is 0 Å². The highest BCUT2D eigenvalue weighted by atomic mass is 32.1. The summed E-state index contributed by atoms with van der Waals surface area (Å²) in [4.78, 5) is 0.959. The maximum atomic E-state index is 8.62. The zero-order valence-electron chi connectivity index (χ0n) is 6.53. The molecule has 0 aromatic carbocycles. The van der Waals surface area contributed by atoms with E-state index in [1.54, 1.807) is 11.4 Å². The van der Waals surface area contributed by atoms with Crippen molar-refractivity contribution in [1.29, 1.82) is 5.26 Å². The first-order chi connectivity index (χ1) is 5.77. The second kappa shape index (κ2) is 4.21. The van der Waals surface area contributed by atoms with Gasteiger partial charge in [0.2, 0.25) is 0 Å². The first-order valence-electron chi connectivity index (χ1n) is 3.63. The highest BCUT2D eigenvalue weighted by Crippen LogP contribution is 2.21. The minimum Gasteiger partial charge on any atom is -0.396 e. The van der Waals surface area contributed by atoms with E-state index >= 15 is 0 Å². The van der Waals surface area contributed by atoms with Crippen LogP contribution in [0.4, 0.5) is 0 Å². The van der Waals surface area contributed by atoms with Gasteiger partial charge in [-0.3, -0.25) is 0 Å². The van der Waals surface area contributed by atoms with Gasteiger partial charge in [-0.2, -0.15) is 5.26 Å². The van der Waals surface area contributed by atoms with Gasteiger partial charge in [0.1, 0.15) is 6.07 Å². The summed E-state index contributed by atoms with van der Waals surface area (Å²) in [6.45, 7) is 0.0843. The molecule has 64 valence electrons. The van der Waals surface area contributed by atoms with Gasteiger partial charge >= 0.3 is 0 Å². The van der Waals surface area contributed by atoms with E-state index in [0.29, 0.717) is 12.0 Å². The highest BCUT2D eigenvalue weighted by molar-refractivity contribution is 7.10. The van der Waals surface area contributed by atoms with Crippen LogP contribution in [-0.2, 0) is 0 Å². The normalized spacial score (nSPS) is 12.4. The molecule has 1 heterocycles. The summed E-state index contributed by atoms with van der Waals surface area (Å²) < 4.78 is 0. The molecule has 0 bridgehead atoms. The van der Waals surface area contributed by atoms with Crippen molar-refractivity contribution in [3.8, 4) is 6.07 Å². The van der Waals surface area contributed by atoms with Crippen LogP contribution in [0, 0.1) is 11.3 Å². The summed E-state index contributed by atoms with van der Waals surface area (Å²) in [6, 6.07) is 3.67. The first kappa shape index (κ1) is 9.20. The minimum absolute atomic E-state index is 0.0843. The lowest BCUT2D eigenvalue weighted by Gasteiger charge is -2.05. The summed E-state index contributed by atoms with van der Waals surface area (Å²) in [5.41, 5.74) is 6.36. The predicted molar refractivity (Wildman–Crippen MR) is 47.7 cm³/mol. The van der Waals surface area contributed by atoms with E-state index in [2.05, 4.69) is 0 Å². The van der Waals surface area contributed by atoms with E-state index in [1.807, 2.05) is 6.07 Å². The third-order valence-corrected chi connectivity index (χ3v) is 2.62. The Morgan fingerprint density at radius 3 is 3.00 bits per heavy atom. The average molecular weight is 182 g/mol. The topological polar surface area (TPSA) is 70.0 Å². The van der Waals surface area contributed by atoms with Crippen LogP contribution in [0.3, 0.4) is 0 Å². The molecule has 0 aliphatic carbocycles. The summed E-state index contributed by atoms with van der Waals surface area (Å²) >= 11 is 1.46. The van der Waals surface area contributed by atoms with Gasteiger partial charge in [-0.05, 0) is 12.5 Å². The molecule has 4 heteroatoms. The van der Waals surface area contributed by atoms with Gasteiger partial charge < -0.3 is 10.8 Å². The van der Waals surface area contributed by atoms with Gasteiger partial charge in [-0.25, -0.2) is 0 Å². The molecule has 1 atom stereocenters. The number of nitrogens with two attached hydrogens (primary N) is 1. The third kappa shape index (κ3) is 2.05. The highest BCUT2D eigenvalue weighted by Gasteiger charge is 2.07. The number of nitriles is 1. The monoisotopic (exact) mass is 182 g/mol. The lowest BCUT2D eigenvalue weighted by atomic mass is 10.2. The SMILES string of the molecule is N#Cc1csc(C(N)CCO)c1. The number of thiophene rings is 1. The second-order valence-corrected chi connectivity index (χ2v) is 3.41. The second-order valence-electron chi connectivity index (χ2n) is 2.47. The molecule has 3 N–H and O–H groups in total. The van der Waals surface area contributed by atoms with Gasteiger partial charge in [0.05, 0.1) is 5.56 Å². The van der Waals surface area contributed by atoms with E-state index in [1.165, 1.54) is 11.3 Å². The summed E-state index contributed by atoms with van der Waals surface area (Å²) in [7, 11) is 0. The molecular formula is C8H10N2OS. The molecule has 1 unspecified atom stereocenters. The number of hydrogen-bond acceptors (Lipinski definition) is 4. The van der Waals surface area contributed by atoms with E-state index in [9.17, 15) is 0 Å². The number of rotatable bonds is 3. The van der Waals surface area contributed by atoms with Crippen molar-refractivity contribution in [3.63, 3.8) is 0 Å². The van der Waals surface area contributed by atoms with Gasteiger partial charge in [-0.1, -0.05) is 0 Å². The Morgan fingerprint density at radius 2 is 2.50 bits per heavy atom. The Morgan fingerprint density at radius 1 is 1.75 bits per heavy atom. The van der Waals surface area contributed by atoms with Crippen molar-refractivity contribution >= 4 is 11.3 Å². The van der Waals surface area contributed by atoms with Crippen molar-refractivity contribution in [2.45, 2.75) is 12.5 Å². The van der Waals surface area contributed by atoms with Crippen LogP contribution in [-0.4, -0.2) is 11.7 Å². The molecule has 0 spiro atoms. The van der Waals surface area contributed by atoms with E-state index in [-0.39, 0.29) is 12.6 Å². The molecule has 0 aliphatic heterocycles. The number of aliphatic hydroxyl groups is 1. The molecular weight excluding hydrogens is 172 g/mol. The first-order valence-corrected chi connectivity index (χ1v) is 4.51. The zero-order valence-corrected chi connectivity index (χ0v) is 7.34. The van der Waals surface area contributed by atoms with Crippen LogP contribution in [0.25, 0.3) is 0 Å². The van der Waals surface area contributed by atoms with Crippen molar-refractivity contribution in [3.05, 3.63) is 21.9 Å². The molecule has 12 heavy (non-hydrogen) atoms. The van der Waals surface area contributed by atoms with Crippen LogP contribution in [0.5, 0.6) is 0 Å². The lowest BCUT2D eigenvalue weighted by Crippen LogP contribution is -2.09. The molecule has 0 fully saturated rings. The Bertz CT molecular complexity index is 289. The molecule has 0 saturated heterocycles. The molecule has 0 amide bonds. The summed E-state index contributed by atoms with van der Waals surface area (Å²) in [5.74, 6) is 0. The summed E-state index contributed by atoms with van der Waals surface area (Å²) in [5, 5.41) is 18.9. The Kier molecular flexibility index (Phi) is 3.23. The molecule has 1 aromatic rings. The van der Waals surface area contributed by atoms with Crippen molar-refractivity contribution in [2.24, 2.45) is 5.73 Å².